The number of nitrogens with zero attached hydrogens (tertiary/aromatic N) is 4. The van der Waals surface area contributed by atoms with Gasteiger partial charge in [0.2, 0.25) is 0 Å². The molecule has 3 aromatic rings. The number of halogens is 1. The zero-order chi connectivity index (χ0) is 16.0. The lowest BCUT2D eigenvalue weighted by Gasteiger charge is -2.34. The minimum atomic E-state index is -0.429. The second kappa shape index (κ2) is 5.18. The van der Waals surface area contributed by atoms with Crippen LogP contribution in [0.1, 0.15) is 30.8 Å². The summed E-state index contributed by atoms with van der Waals surface area (Å²) in [6.45, 7) is 1.96. The Hall–Kier alpha value is -2.18. The van der Waals surface area contributed by atoms with Gasteiger partial charge in [0.25, 0.3) is 5.89 Å². The van der Waals surface area contributed by atoms with E-state index in [2.05, 4.69) is 15.2 Å². The molecule has 0 radical (unpaired) electrons. The molecule has 1 aromatic carbocycles. The van der Waals surface area contributed by atoms with Crippen molar-refractivity contribution in [1.82, 2.24) is 19.9 Å². The summed E-state index contributed by atoms with van der Waals surface area (Å²) in [7, 11) is 0. The lowest BCUT2D eigenvalue weighted by molar-refractivity contribution is 0.229. The number of hydrogen-bond donors (Lipinski definition) is 1. The summed E-state index contributed by atoms with van der Waals surface area (Å²) in [5.41, 5.74) is 8.47. The van der Waals surface area contributed by atoms with E-state index in [0.717, 1.165) is 36.2 Å². The average molecular weight is 330 g/mol. The Morgan fingerprint density at radius 3 is 2.65 bits per heavy atom. The van der Waals surface area contributed by atoms with Crippen LogP contribution in [-0.4, -0.2) is 19.9 Å². The van der Waals surface area contributed by atoms with Gasteiger partial charge in [-0.3, -0.25) is 0 Å². The molecule has 118 valence electrons. The molecule has 0 atom stereocenters. The fourth-order valence-corrected chi connectivity index (χ4v) is 2.90. The first-order valence-corrected chi connectivity index (χ1v) is 7.89. The van der Waals surface area contributed by atoms with Crippen LogP contribution in [0.2, 0.25) is 5.02 Å². The van der Waals surface area contributed by atoms with E-state index in [4.69, 9.17) is 21.9 Å². The molecule has 0 amide bonds. The van der Waals surface area contributed by atoms with Gasteiger partial charge in [0.1, 0.15) is 0 Å². The van der Waals surface area contributed by atoms with Crippen LogP contribution in [0, 0.1) is 6.92 Å². The van der Waals surface area contributed by atoms with Gasteiger partial charge in [0.05, 0.1) is 28.7 Å². The average Bonchev–Trinajstić information content (AvgIpc) is 3.13. The van der Waals surface area contributed by atoms with Gasteiger partial charge in [-0.1, -0.05) is 16.8 Å². The first-order chi connectivity index (χ1) is 11.1. The third-order valence-electron chi connectivity index (χ3n) is 4.43. The Morgan fingerprint density at radius 1 is 1.26 bits per heavy atom. The number of nitrogens with two attached hydrogens (primary N) is 1. The molecule has 7 heteroatoms. The van der Waals surface area contributed by atoms with Gasteiger partial charge in [-0.25, -0.2) is 4.68 Å². The van der Waals surface area contributed by atoms with Crippen molar-refractivity contribution >= 4 is 11.6 Å². The molecular formula is C16H16ClN5O. The molecule has 0 unspecified atom stereocenters. The van der Waals surface area contributed by atoms with Gasteiger partial charge in [-0.05, 0) is 50.5 Å². The van der Waals surface area contributed by atoms with Crippen molar-refractivity contribution in [3.8, 4) is 17.1 Å². The molecule has 2 heterocycles. The van der Waals surface area contributed by atoms with Gasteiger partial charge in [0, 0.05) is 5.02 Å². The summed E-state index contributed by atoms with van der Waals surface area (Å²) in [5, 5.41) is 9.16. The molecular weight excluding hydrogens is 314 g/mol. The van der Waals surface area contributed by atoms with E-state index in [9.17, 15) is 0 Å². The molecule has 6 nitrogen and oxygen atoms in total. The maximum Gasteiger partial charge on any atom is 0.261 e. The van der Waals surface area contributed by atoms with Crippen molar-refractivity contribution in [3.63, 3.8) is 0 Å². The number of hydrogen-bond acceptors (Lipinski definition) is 5. The molecule has 1 aliphatic carbocycles. The predicted octanol–water partition coefficient (Wildman–Crippen LogP) is 3.22. The van der Waals surface area contributed by atoms with Crippen LogP contribution >= 0.6 is 11.6 Å². The third-order valence-corrected chi connectivity index (χ3v) is 4.68. The molecule has 2 aromatic heterocycles. The van der Waals surface area contributed by atoms with Crippen LogP contribution in [0.3, 0.4) is 0 Å². The maximum atomic E-state index is 6.25. The van der Waals surface area contributed by atoms with E-state index in [0.29, 0.717) is 16.7 Å². The Kier molecular flexibility index (Phi) is 3.25. The molecule has 23 heavy (non-hydrogen) atoms. The summed E-state index contributed by atoms with van der Waals surface area (Å²) < 4.78 is 7.22. The highest BCUT2D eigenvalue weighted by atomic mass is 35.5. The minimum Gasteiger partial charge on any atom is -0.334 e. The highest BCUT2D eigenvalue weighted by Gasteiger charge is 2.39. The highest BCUT2D eigenvalue weighted by Crippen LogP contribution is 2.38. The van der Waals surface area contributed by atoms with Gasteiger partial charge in [-0.2, -0.15) is 10.1 Å². The fraction of sp³-hybridized carbons (Fsp3) is 0.312. The van der Waals surface area contributed by atoms with Crippen molar-refractivity contribution in [2.24, 2.45) is 5.73 Å². The minimum absolute atomic E-state index is 0.429. The summed E-state index contributed by atoms with van der Waals surface area (Å²) in [4.78, 5) is 4.48. The van der Waals surface area contributed by atoms with Crippen LogP contribution in [0.25, 0.3) is 17.1 Å². The molecule has 0 bridgehead atoms. The van der Waals surface area contributed by atoms with E-state index in [1.54, 1.807) is 6.20 Å². The zero-order valence-electron chi connectivity index (χ0n) is 12.7. The Morgan fingerprint density at radius 2 is 2.00 bits per heavy atom. The lowest BCUT2D eigenvalue weighted by atomic mass is 9.77. The normalized spacial score (nSPS) is 16.3. The van der Waals surface area contributed by atoms with Gasteiger partial charge in [0.15, 0.2) is 5.82 Å². The van der Waals surface area contributed by atoms with Crippen molar-refractivity contribution in [3.05, 3.63) is 47.0 Å². The van der Waals surface area contributed by atoms with Crippen LogP contribution in [0.4, 0.5) is 0 Å². The number of aromatic nitrogens is 4. The van der Waals surface area contributed by atoms with Crippen LogP contribution in [0.5, 0.6) is 0 Å². The van der Waals surface area contributed by atoms with Gasteiger partial charge < -0.3 is 10.3 Å². The summed E-state index contributed by atoms with van der Waals surface area (Å²) in [6.07, 6.45) is 4.63. The topological polar surface area (TPSA) is 82.8 Å². The Bertz CT molecular complexity index is 848. The molecule has 0 aliphatic heterocycles. The second-order valence-electron chi connectivity index (χ2n) is 5.96. The molecule has 1 fully saturated rings. The van der Waals surface area contributed by atoms with E-state index < -0.39 is 5.54 Å². The van der Waals surface area contributed by atoms with Gasteiger partial charge in [-0.15, -0.1) is 0 Å². The summed E-state index contributed by atoms with van der Waals surface area (Å²) in [5.74, 6) is 1.03. The van der Waals surface area contributed by atoms with E-state index in [-0.39, 0.29) is 0 Å². The molecule has 2 N–H and O–H groups in total. The Balaban J connectivity index is 1.69. The standard InChI is InChI=1S/C16H16ClN5O/c1-10-13(9-19-22(10)12-5-3-11(17)4-6-12)14-20-15(21-23-14)16(18)7-2-8-16/h3-6,9H,2,7-8,18H2,1H3. The smallest absolute Gasteiger partial charge is 0.261 e. The number of rotatable bonds is 3. The quantitative estimate of drug-likeness (QED) is 0.797. The van der Waals surface area contributed by atoms with Crippen molar-refractivity contribution < 1.29 is 4.52 Å². The van der Waals surface area contributed by atoms with Crippen molar-refractivity contribution in [2.75, 3.05) is 0 Å². The van der Waals surface area contributed by atoms with Gasteiger partial charge >= 0.3 is 0 Å². The molecule has 1 saturated carbocycles. The maximum absolute atomic E-state index is 6.25. The van der Waals surface area contributed by atoms with Crippen LogP contribution in [0.15, 0.2) is 35.0 Å². The first-order valence-electron chi connectivity index (χ1n) is 7.51. The third kappa shape index (κ3) is 2.34. The summed E-state index contributed by atoms with van der Waals surface area (Å²) in [6, 6.07) is 7.48. The Labute approximate surface area is 138 Å². The predicted molar refractivity (Wildman–Crippen MR) is 86.3 cm³/mol. The SMILES string of the molecule is Cc1c(-c2nc(C3(N)CCC3)no2)cnn1-c1ccc(Cl)cc1. The van der Waals surface area contributed by atoms with Crippen molar-refractivity contribution in [1.29, 1.82) is 0 Å². The molecule has 1 aliphatic rings. The van der Waals surface area contributed by atoms with Crippen LogP contribution in [-0.2, 0) is 5.54 Å². The second-order valence-corrected chi connectivity index (χ2v) is 6.40. The lowest BCUT2D eigenvalue weighted by Crippen LogP contribution is -2.44. The van der Waals surface area contributed by atoms with Crippen LogP contribution < -0.4 is 5.73 Å². The molecule has 0 spiro atoms. The monoisotopic (exact) mass is 329 g/mol. The first kappa shape index (κ1) is 14.4. The highest BCUT2D eigenvalue weighted by molar-refractivity contribution is 6.30. The van der Waals surface area contributed by atoms with Crippen molar-refractivity contribution in [2.45, 2.75) is 31.7 Å². The van der Waals surface area contributed by atoms with E-state index in [1.165, 1.54) is 0 Å². The molecule has 0 saturated heterocycles. The van der Waals surface area contributed by atoms with E-state index in [1.807, 2.05) is 35.9 Å². The largest absolute Gasteiger partial charge is 0.334 e. The number of benzene rings is 1. The molecule has 4 rings (SSSR count). The zero-order valence-corrected chi connectivity index (χ0v) is 13.4. The fourth-order valence-electron chi connectivity index (χ4n) is 2.78. The summed E-state index contributed by atoms with van der Waals surface area (Å²) >= 11 is 5.93. The van der Waals surface area contributed by atoms with E-state index >= 15 is 0 Å².